The highest BCUT2D eigenvalue weighted by molar-refractivity contribution is 6.33. The van der Waals surface area contributed by atoms with Crippen molar-refractivity contribution in [3.8, 4) is 11.5 Å². The van der Waals surface area contributed by atoms with Crippen molar-refractivity contribution >= 4 is 23.5 Å². The molecular weight excluding hydrogens is 370 g/mol. The molecule has 2 aliphatic rings. The number of amides is 2. The molecule has 3 aromatic rings. The fourth-order valence-corrected chi connectivity index (χ4v) is 3.58. The van der Waals surface area contributed by atoms with Crippen LogP contribution in [-0.4, -0.2) is 23.5 Å². The van der Waals surface area contributed by atoms with Gasteiger partial charge in [-0.25, -0.2) is 0 Å². The number of imide groups is 1. The molecule has 5 rings (SSSR count). The Hall–Kier alpha value is -3.80. The van der Waals surface area contributed by atoms with Crippen LogP contribution in [0.15, 0.2) is 59.0 Å². The molecule has 2 aliphatic heterocycles. The van der Waals surface area contributed by atoms with Crippen molar-refractivity contribution in [3.05, 3.63) is 82.8 Å². The molecule has 0 bridgehead atoms. The Morgan fingerprint density at radius 3 is 2.52 bits per heavy atom. The van der Waals surface area contributed by atoms with Gasteiger partial charge in [-0.1, -0.05) is 24.3 Å². The van der Waals surface area contributed by atoms with Gasteiger partial charge >= 0.3 is 0 Å². The molecule has 0 N–H and O–H groups in total. The maximum absolute atomic E-state index is 13.3. The number of carbonyl (C=O) groups is 2. The minimum absolute atomic E-state index is 0.136. The first-order chi connectivity index (χ1) is 14.1. The zero-order valence-electron chi connectivity index (χ0n) is 15.7. The van der Waals surface area contributed by atoms with Crippen LogP contribution in [0.25, 0.3) is 11.6 Å². The van der Waals surface area contributed by atoms with E-state index in [4.69, 9.17) is 13.9 Å². The summed E-state index contributed by atoms with van der Waals surface area (Å²) in [5.41, 5.74) is 2.31. The maximum atomic E-state index is 13.3. The SMILES string of the molecule is Cc1ccc(/C=C2\C(=O)N(Cc3ccc4c(c3)OCO4)C(=O)c3ccccc32)o1. The summed E-state index contributed by atoms with van der Waals surface area (Å²) < 4.78 is 16.4. The summed E-state index contributed by atoms with van der Waals surface area (Å²) in [7, 11) is 0. The molecule has 2 amide bonds. The molecule has 0 atom stereocenters. The molecule has 0 unspecified atom stereocenters. The van der Waals surface area contributed by atoms with Gasteiger partial charge < -0.3 is 13.9 Å². The third kappa shape index (κ3) is 2.99. The number of fused-ring (bicyclic) bond motifs is 2. The van der Waals surface area contributed by atoms with Gasteiger partial charge in [-0.2, -0.15) is 0 Å². The standard InChI is InChI=1S/C23H17NO5/c1-14-6-8-16(29-14)11-19-17-4-2-3-5-18(17)22(25)24(23(19)26)12-15-7-9-20-21(10-15)28-13-27-20/h2-11H,12-13H2,1H3/b19-11-. The van der Waals surface area contributed by atoms with Crippen LogP contribution in [-0.2, 0) is 11.3 Å². The normalized spacial score (nSPS) is 16.4. The van der Waals surface area contributed by atoms with Crippen LogP contribution in [0.3, 0.4) is 0 Å². The van der Waals surface area contributed by atoms with E-state index in [2.05, 4.69) is 0 Å². The highest BCUT2D eigenvalue weighted by Gasteiger charge is 2.35. The topological polar surface area (TPSA) is 69.0 Å². The summed E-state index contributed by atoms with van der Waals surface area (Å²) in [5, 5.41) is 0. The fourth-order valence-electron chi connectivity index (χ4n) is 3.58. The van der Waals surface area contributed by atoms with Crippen LogP contribution in [0.5, 0.6) is 11.5 Å². The van der Waals surface area contributed by atoms with Crippen LogP contribution in [0.4, 0.5) is 0 Å². The Balaban J connectivity index is 1.55. The van der Waals surface area contributed by atoms with E-state index in [9.17, 15) is 9.59 Å². The van der Waals surface area contributed by atoms with Gasteiger partial charge in [0, 0.05) is 11.1 Å². The van der Waals surface area contributed by atoms with Crippen molar-refractivity contribution in [2.24, 2.45) is 0 Å². The Morgan fingerprint density at radius 1 is 0.931 bits per heavy atom. The highest BCUT2D eigenvalue weighted by atomic mass is 16.7. The number of nitrogens with zero attached hydrogens (tertiary/aromatic N) is 1. The fraction of sp³-hybridized carbons (Fsp3) is 0.130. The molecule has 6 nitrogen and oxygen atoms in total. The number of rotatable bonds is 3. The van der Waals surface area contributed by atoms with E-state index in [0.29, 0.717) is 34.0 Å². The lowest BCUT2D eigenvalue weighted by atomic mass is 9.92. The van der Waals surface area contributed by atoms with Crippen LogP contribution in [0.2, 0.25) is 0 Å². The first kappa shape index (κ1) is 17.3. The zero-order valence-corrected chi connectivity index (χ0v) is 15.7. The predicted octanol–water partition coefficient (Wildman–Crippen LogP) is 4.04. The molecule has 0 spiro atoms. The van der Waals surface area contributed by atoms with E-state index in [-0.39, 0.29) is 25.2 Å². The van der Waals surface area contributed by atoms with Gasteiger partial charge in [0.15, 0.2) is 11.5 Å². The number of furan rings is 1. The average Bonchev–Trinajstić information content (AvgIpc) is 3.36. The minimum atomic E-state index is -0.361. The van der Waals surface area contributed by atoms with Gasteiger partial charge in [0.2, 0.25) is 6.79 Å². The molecule has 29 heavy (non-hydrogen) atoms. The van der Waals surface area contributed by atoms with Gasteiger partial charge in [0.25, 0.3) is 11.8 Å². The number of carbonyl (C=O) groups excluding carboxylic acids is 2. The van der Waals surface area contributed by atoms with Crippen LogP contribution in [0, 0.1) is 6.92 Å². The van der Waals surface area contributed by atoms with Gasteiger partial charge in [0.05, 0.1) is 12.1 Å². The Bertz CT molecular complexity index is 1170. The number of benzene rings is 2. The molecule has 2 aromatic carbocycles. The summed E-state index contributed by atoms with van der Waals surface area (Å²) in [4.78, 5) is 27.6. The number of ether oxygens (including phenoxy) is 2. The molecule has 0 radical (unpaired) electrons. The van der Waals surface area contributed by atoms with Crippen molar-refractivity contribution < 1.29 is 23.5 Å². The number of hydrogen-bond acceptors (Lipinski definition) is 5. The smallest absolute Gasteiger partial charge is 0.261 e. The van der Waals surface area contributed by atoms with Crippen LogP contribution < -0.4 is 9.47 Å². The molecule has 3 heterocycles. The number of aryl methyl sites for hydroxylation is 1. The Labute approximate surface area is 167 Å². The largest absolute Gasteiger partial charge is 0.462 e. The molecule has 0 saturated carbocycles. The highest BCUT2D eigenvalue weighted by Crippen LogP contribution is 2.35. The third-order valence-corrected chi connectivity index (χ3v) is 4.99. The van der Waals surface area contributed by atoms with Crippen molar-refractivity contribution in [1.82, 2.24) is 4.90 Å². The van der Waals surface area contributed by atoms with Crippen molar-refractivity contribution in [1.29, 1.82) is 0 Å². The van der Waals surface area contributed by atoms with E-state index < -0.39 is 0 Å². The second-order valence-corrected chi connectivity index (χ2v) is 6.94. The lowest BCUT2D eigenvalue weighted by Gasteiger charge is -2.28. The summed E-state index contributed by atoms with van der Waals surface area (Å²) >= 11 is 0. The third-order valence-electron chi connectivity index (χ3n) is 4.99. The van der Waals surface area contributed by atoms with E-state index >= 15 is 0 Å². The molecular formula is C23H17NO5. The summed E-state index contributed by atoms with van der Waals surface area (Å²) in [6, 6.07) is 16.2. The predicted molar refractivity (Wildman–Crippen MR) is 105 cm³/mol. The van der Waals surface area contributed by atoms with Gasteiger partial charge in [-0.3, -0.25) is 14.5 Å². The maximum Gasteiger partial charge on any atom is 0.261 e. The number of hydrogen-bond donors (Lipinski definition) is 0. The average molecular weight is 387 g/mol. The lowest BCUT2D eigenvalue weighted by molar-refractivity contribution is -0.123. The van der Waals surface area contributed by atoms with E-state index in [1.807, 2.05) is 25.1 Å². The molecule has 0 aliphatic carbocycles. The zero-order chi connectivity index (χ0) is 20.0. The first-order valence-electron chi connectivity index (χ1n) is 9.22. The van der Waals surface area contributed by atoms with E-state index in [1.165, 1.54) is 4.90 Å². The van der Waals surface area contributed by atoms with Gasteiger partial charge in [0.1, 0.15) is 11.5 Å². The molecule has 144 valence electrons. The molecule has 6 heteroatoms. The Kier molecular flexibility index (Phi) is 3.98. The molecule has 0 saturated heterocycles. The minimum Gasteiger partial charge on any atom is -0.462 e. The summed E-state index contributed by atoms with van der Waals surface area (Å²) in [6.07, 6.45) is 1.69. The van der Waals surface area contributed by atoms with Crippen molar-refractivity contribution in [3.63, 3.8) is 0 Å². The molecule has 0 fully saturated rings. The van der Waals surface area contributed by atoms with E-state index in [1.54, 1.807) is 42.5 Å². The second-order valence-electron chi connectivity index (χ2n) is 6.94. The second kappa shape index (κ2) is 6.67. The van der Waals surface area contributed by atoms with Crippen molar-refractivity contribution in [2.75, 3.05) is 6.79 Å². The van der Waals surface area contributed by atoms with Crippen LogP contribution >= 0.6 is 0 Å². The van der Waals surface area contributed by atoms with Crippen molar-refractivity contribution in [2.45, 2.75) is 13.5 Å². The van der Waals surface area contributed by atoms with Crippen LogP contribution in [0.1, 0.15) is 33.0 Å². The molecule has 1 aromatic heterocycles. The van der Waals surface area contributed by atoms with Gasteiger partial charge in [-0.05, 0) is 48.9 Å². The lowest BCUT2D eigenvalue weighted by Crippen LogP contribution is -2.41. The Morgan fingerprint density at radius 2 is 1.72 bits per heavy atom. The summed E-state index contributed by atoms with van der Waals surface area (Å²) in [5.74, 6) is 1.90. The van der Waals surface area contributed by atoms with Gasteiger partial charge in [-0.15, -0.1) is 0 Å². The summed E-state index contributed by atoms with van der Waals surface area (Å²) in [6.45, 7) is 2.15. The monoisotopic (exact) mass is 387 g/mol. The first-order valence-corrected chi connectivity index (χ1v) is 9.22. The quantitative estimate of drug-likeness (QED) is 0.501. The van der Waals surface area contributed by atoms with E-state index in [0.717, 1.165) is 11.3 Å².